The number of aliphatic hydroxyl groups is 1. The number of rotatable bonds is 69. The molecule has 528 valence electrons. The van der Waals surface area contributed by atoms with E-state index in [9.17, 15) is 43.2 Å². The Labute approximate surface area is 543 Å². The van der Waals surface area contributed by atoms with E-state index in [2.05, 4.69) is 41.5 Å². The van der Waals surface area contributed by atoms with Crippen LogP contribution in [0.15, 0.2) is 0 Å². The molecule has 0 heterocycles. The molecule has 0 bridgehead atoms. The maximum absolute atomic E-state index is 13.0. The molecule has 19 heteroatoms. The molecule has 17 nitrogen and oxygen atoms in total. The molecule has 0 spiro atoms. The largest absolute Gasteiger partial charge is 0.472 e. The molecule has 3 N–H and O–H groups in total. The Balaban J connectivity index is 5.18. The van der Waals surface area contributed by atoms with Crippen LogP contribution in [0, 0.1) is 11.8 Å². The van der Waals surface area contributed by atoms with Crippen molar-refractivity contribution in [1.82, 2.24) is 0 Å². The summed E-state index contributed by atoms with van der Waals surface area (Å²) in [4.78, 5) is 72.4. The monoisotopic (exact) mass is 1310 g/mol. The third-order valence-electron chi connectivity index (χ3n) is 16.6. The van der Waals surface area contributed by atoms with E-state index in [0.29, 0.717) is 25.7 Å². The number of unbranched alkanes of at least 4 members (excludes halogenated alkanes) is 38. The number of ether oxygens (including phenoxy) is 4. The summed E-state index contributed by atoms with van der Waals surface area (Å²) in [7, 11) is -9.89. The van der Waals surface area contributed by atoms with Gasteiger partial charge in [-0.05, 0) is 37.5 Å². The summed E-state index contributed by atoms with van der Waals surface area (Å²) in [5, 5.41) is 10.6. The van der Waals surface area contributed by atoms with Crippen LogP contribution in [0.5, 0.6) is 0 Å². The minimum absolute atomic E-state index is 0.103. The molecule has 0 rings (SSSR count). The highest BCUT2D eigenvalue weighted by molar-refractivity contribution is 7.47. The van der Waals surface area contributed by atoms with Gasteiger partial charge in [-0.15, -0.1) is 0 Å². The van der Waals surface area contributed by atoms with Crippen molar-refractivity contribution in [2.24, 2.45) is 11.8 Å². The van der Waals surface area contributed by atoms with E-state index in [1.807, 2.05) is 0 Å². The molecule has 89 heavy (non-hydrogen) atoms. The first-order chi connectivity index (χ1) is 42.9. The zero-order valence-corrected chi connectivity index (χ0v) is 59.5. The van der Waals surface area contributed by atoms with E-state index >= 15 is 0 Å². The number of esters is 4. The zero-order valence-electron chi connectivity index (χ0n) is 57.7. The Morgan fingerprint density at radius 3 is 0.854 bits per heavy atom. The quantitative estimate of drug-likeness (QED) is 0.0222. The molecule has 0 aromatic rings. The topological polar surface area (TPSA) is 237 Å². The Bertz CT molecular complexity index is 1740. The fraction of sp³-hybridized carbons (Fsp3) is 0.943. The Kier molecular flexibility index (Phi) is 60.8. The molecule has 0 aromatic carbocycles. The predicted octanol–water partition coefficient (Wildman–Crippen LogP) is 20.0. The lowest BCUT2D eigenvalue weighted by Crippen LogP contribution is -2.30. The van der Waals surface area contributed by atoms with Gasteiger partial charge in [-0.25, -0.2) is 9.13 Å². The van der Waals surface area contributed by atoms with E-state index in [0.717, 1.165) is 115 Å². The van der Waals surface area contributed by atoms with Gasteiger partial charge in [0.15, 0.2) is 12.2 Å². The minimum atomic E-state index is -4.95. The van der Waals surface area contributed by atoms with Crippen LogP contribution in [0.2, 0.25) is 0 Å². The van der Waals surface area contributed by atoms with Crippen molar-refractivity contribution in [3.05, 3.63) is 0 Å². The minimum Gasteiger partial charge on any atom is -0.462 e. The van der Waals surface area contributed by atoms with Gasteiger partial charge in [0, 0.05) is 25.7 Å². The Hall–Kier alpha value is -1.94. The summed E-state index contributed by atoms with van der Waals surface area (Å²) < 4.78 is 68.1. The van der Waals surface area contributed by atoms with E-state index < -0.39 is 97.5 Å². The second-order valence-electron chi connectivity index (χ2n) is 26.0. The number of carbonyl (C=O) groups is 4. The van der Waals surface area contributed by atoms with E-state index in [4.69, 9.17) is 37.0 Å². The van der Waals surface area contributed by atoms with Crippen LogP contribution in [0.25, 0.3) is 0 Å². The van der Waals surface area contributed by atoms with Crippen molar-refractivity contribution in [3.63, 3.8) is 0 Å². The summed E-state index contributed by atoms with van der Waals surface area (Å²) in [6.45, 7) is 9.49. The number of phosphoric acid groups is 2. The van der Waals surface area contributed by atoms with Gasteiger partial charge in [0.1, 0.15) is 19.3 Å². The molecule has 6 atom stereocenters. The van der Waals surface area contributed by atoms with Crippen LogP contribution < -0.4 is 0 Å². The number of aliphatic hydroxyl groups excluding tert-OH is 1. The molecular formula is C70H136O17P2. The summed E-state index contributed by atoms with van der Waals surface area (Å²) >= 11 is 0. The maximum atomic E-state index is 13.0. The molecule has 0 aliphatic heterocycles. The van der Waals surface area contributed by atoms with Crippen LogP contribution in [-0.4, -0.2) is 96.7 Å². The van der Waals surface area contributed by atoms with Crippen molar-refractivity contribution in [2.75, 3.05) is 39.6 Å². The van der Waals surface area contributed by atoms with E-state index in [1.165, 1.54) is 161 Å². The average molecular weight is 1310 g/mol. The maximum Gasteiger partial charge on any atom is 0.472 e. The highest BCUT2D eigenvalue weighted by Gasteiger charge is 2.30. The van der Waals surface area contributed by atoms with Gasteiger partial charge < -0.3 is 33.8 Å². The van der Waals surface area contributed by atoms with Crippen LogP contribution in [0.3, 0.4) is 0 Å². The number of phosphoric ester groups is 2. The van der Waals surface area contributed by atoms with Gasteiger partial charge in [-0.1, -0.05) is 305 Å². The lowest BCUT2D eigenvalue weighted by molar-refractivity contribution is -0.161. The Morgan fingerprint density at radius 1 is 0.326 bits per heavy atom. The van der Waals surface area contributed by atoms with Gasteiger partial charge in [0.25, 0.3) is 0 Å². The first kappa shape index (κ1) is 87.1. The normalized spacial score (nSPS) is 14.4. The van der Waals surface area contributed by atoms with Crippen molar-refractivity contribution in [2.45, 2.75) is 374 Å². The zero-order chi connectivity index (χ0) is 65.7. The van der Waals surface area contributed by atoms with Crippen LogP contribution >= 0.6 is 15.6 Å². The molecular weight excluding hydrogens is 1170 g/mol. The standard InChI is InChI=1S/C70H136O17P2/c1-7-10-12-14-16-17-18-23-27-30-34-41-47-53-68(73)81-59-65(86-69(74)54-48-42-35-31-28-25-22-20-19-21-24-26-29-33-38-44-50-62(4)5)60-84-88(76,77)82-56-64(71)57-83-89(78,79)85-61-66(58-80-67(72)52-46-40-32-15-13-11-8-2)87-70(75)55-49-43-37-36-39-45-51-63(6)9-3/h62-66,71H,7-61H2,1-6H3,(H,76,77)(H,78,79)/t63?,64-,65-,66-/m1/s1. The van der Waals surface area contributed by atoms with E-state index in [1.54, 1.807) is 0 Å². The number of hydrogen-bond acceptors (Lipinski definition) is 15. The lowest BCUT2D eigenvalue weighted by Gasteiger charge is -2.21. The lowest BCUT2D eigenvalue weighted by atomic mass is 10.00. The molecule has 0 saturated heterocycles. The SMILES string of the molecule is CCCCCCCCCCCCCCCC(=O)OC[C@H](COP(=O)(O)OC[C@@H](O)COP(=O)(O)OC[C@@H](COC(=O)CCCCCCCCC)OC(=O)CCCCCCCCC(C)CC)OC(=O)CCCCCCCCCCCCCCCCCCC(C)C. The Morgan fingerprint density at radius 2 is 0.573 bits per heavy atom. The van der Waals surface area contributed by atoms with Crippen molar-refractivity contribution in [1.29, 1.82) is 0 Å². The van der Waals surface area contributed by atoms with Crippen molar-refractivity contribution >= 4 is 39.5 Å². The highest BCUT2D eigenvalue weighted by Crippen LogP contribution is 2.45. The summed E-state index contributed by atoms with van der Waals surface area (Å²) in [5.41, 5.74) is 0. The van der Waals surface area contributed by atoms with Crippen LogP contribution in [0.4, 0.5) is 0 Å². The van der Waals surface area contributed by atoms with Crippen molar-refractivity contribution < 1.29 is 80.2 Å². The van der Waals surface area contributed by atoms with Gasteiger partial charge >= 0.3 is 39.5 Å². The average Bonchev–Trinajstić information content (AvgIpc) is 3.65. The third-order valence-corrected chi connectivity index (χ3v) is 18.5. The second kappa shape index (κ2) is 62.2. The predicted molar refractivity (Wildman–Crippen MR) is 358 cm³/mol. The van der Waals surface area contributed by atoms with E-state index in [-0.39, 0.29) is 25.7 Å². The summed E-state index contributed by atoms with van der Waals surface area (Å²) in [5.74, 6) is -0.601. The molecule has 0 aromatic heterocycles. The van der Waals surface area contributed by atoms with Gasteiger partial charge in [-0.2, -0.15) is 0 Å². The molecule has 0 saturated carbocycles. The first-order valence-corrected chi connectivity index (χ1v) is 39.5. The summed E-state index contributed by atoms with van der Waals surface area (Å²) in [6, 6.07) is 0. The molecule has 0 amide bonds. The molecule has 0 fully saturated rings. The van der Waals surface area contributed by atoms with Crippen LogP contribution in [0.1, 0.15) is 356 Å². The number of hydrogen-bond donors (Lipinski definition) is 3. The van der Waals surface area contributed by atoms with Crippen molar-refractivity contribution in [3.8, 4) is 0 Å². The fourth-order valence-corrected chi connectivity index (χ4v) is 12.1. The fourth-order valence-electron chi connectivity index (χ4n) is 10.6. The van der Waals surface area contributed by atoms with Crippen LogP contribution in [-0.2, 0) is 65.4 Å². The molecule has 0 aliphatic carbocycles. The molecule has 0 aliphatic rings. The first-order valence-electron chi connectivity index (χ1n) is 36.5. The van der Waals surface area contributed by atoms with Gasteiger partial charge in [0.2, 0.25) is 0 Å². The second-order valence-corrected chi connectivity index (χ2v) is 28.9. The number of carbonyl (C=O) groups excluding carboxylic acids is 4. The summed E-state index contributed by atoms with van der Waals surface area (Å²) in [6.07, 6.45) is 47.4. The third kappa shape index (κ3) is 63.2. The van der Waals surface area contributed by atoms with Gasteiger partial charge in [-0.3, -0.25) is 37.3 Å². The smallest absolute Gasteiger partial charge is 0.462 e. The highest BCUT2D eigenvalue weighted by atomic mass is 31.2. The van der Waals surface area contributed by atoms with Gasteiger partial charge in [0.05, 0.1) is 26.4 Å². The molecule has 3 unspecified atom stereocenters. The molecule has 0 radical (unpaired) electrons.